The number of hydrogen-bond donors (Lipinski definition) is 1. The first-order chi connectivity index (χ1) is 8.15. The first kappa shape index (κ1) is 12.6. The predicted octanol–water partition coefficient (Wildman–Crippen LogP) is 3.69. The van der Waals surface area contributed by atoms with Crippen LogP contribution in [0.25, 0.3) is 0 Å². The highest BCUT2D eigenvalue weighted by molar-refractivity contribution is 9.10. The molecule has 0 saturated carbocycles. The van der Waals surface area contributed by atoms with Gasteiger partial charge in [-0.3, -0.25) is 0 Å². The predicted molar refractivity (Wildman–Crippen MR) is 70.9 cm³/mol. The second kappa shape index (κ2) is 5.67. The molecule has 5 heteroatoms. The van der Waals surface area contributed by atoms with Gasteiger partial charge in [-0.2, -0.15) is 0 Å². The van der Waals surface area contributed by atoms with E-state index >= 15 is 0 Å². The lowest BCUT2D eigenvalue weighted by Gasteiger charge is -2.04. The zero-order valence-electron chi connectivity index (χ0n) is 9.34. The summed E-state index contributed by atoms with van der Waals surface area (Å²) in [6, 6.07) is 7.79. The quantitative estimate of drug-likeness (QED) is 0.935. The molecule has 1 aromatic heterocycles. The van der Waals surface area contributed by atoms with Gasteiger partial charge >= 0.3 is 0 Å². The van der Waals surface area contributed by atoms with E-state index in [4.69, 9.17) is 16.1 Å². The van der Waals surface area contributed by atoms with Gasteiger partial charge in [-0.1, -0.05) is 22.8 Å². The average Bonchev–Trinajstić information content (AvgIpc) is 2.70. The van der Waals surface area contributed by atoms with Crippen LogP contribution in [0.15, 0.2) is 33.3 Å². The Labute approximate surface area is 113 Å². The van der Waals surface area contributed by atoms with Crippen LogP contribution in [0.2, 0.25) is 5.02 Å². The summed E-state index contributed by atoms with van der Waals surface area (Å²) in [7, 11) is 0. The largest absolute Gasteiger partial charge is 0.360 e. The Morgan fingerprint density at radius 1 is 1.35 bits per heavy atom. The third-order valence-electron chi connectivity index (χ3n) is 2.29. The van der Waals surface area contributed by atoms with Crippen LogP contribution < -0.4 is 5.32 Å². The molecule has 90 valence electrons. The summed E-state index contributed by atoms with van der Waals surface area (Å²) < 4.78 is 6.01. The van der Waals surface area contributed by atoms with Gasteiger partial charge in [0, 0.05) is 17.1 Å². The molecule has 0 bridgehead atoms. The molecule has 0 aliphatic carbocycles. The number of benzene rings is 1. The van der Waals surface area contributed by atoms with Crippen molar-refractivity contribution in [1.29, 1.82) is 0 Å². The standard InChI is InChI=1S/C12H12BrClN2O/c1-8-4-10(17-16-8)7-15-6-9-2-3-12(14)11(13)5-9/h2-5,15H,6-7H2,1H3. The van der Waals surface area contributed by atoms with E-state index in [0.717, 1.165) is 33.1 Å². The first-order valence-corrected chi connectivity index (χ1v) is 6.39. The molecule has 0 aliphatic rings. The molecule has 0 atom stereocenters. The molecule has 3 nitrogen and oxygen atoms in total. The van der Waals surface area contributed by atoms with Crippen molar-refractivity contribution in [3.05, 3.63) is 50.8 Å². The Morgan fingerprint density at radius 2 is 2.18 bits per heavy atom. The molecule has 0 radical (unpaired) electrons. The molecule has 17 heavy (non-hydrogen) atoms. The zero-order chi connectivity index (χ0) is 12.3. The van der Waals surface area contributed by atoms with Crippen molar-refractivity contribution in [3.63, 3.8) is 0 Å². The van der Waals surface area contributed by atoms with Gasteiger partial charge in [0.05, 0.1) is 17.3 Å². The highest BCUT2D eigenvalue weighted by Gasteiger charge is 2.01. The third-order valence-corrected chi connectivity index (χ3v) is 3.50. The molecule has 0 spiro atoms. The van der Waals surface area contributed by atoms with Gasteiger partial charge in [0.15, 0.2) is 5.76 Å². The van der Waals surface area contributed by atoms with Crippen LogP contribution in [0, 0.1) is 6.92 Å². The molecule has 1 N–H and O–H groups in total. The molecule has 1 heterocycles. The van der Waals surface area contributed by atoms with Gasteiger partial charge < -0.3 is 9.84 Å². The molecule has 0 fully saturated rings. The third kappa shape index (κ3) is 3.56. The van der Waals surface area contributed by atoms with Crippen LogP contribution in [0.4, 0.5) is 0 Å². The Morgan fingerprint density at radius 3 is 2.82 bits per heavy atom. The van der Waals surface area contributed by atoms with Crippen molar-refractivity contribution < 1.29 is 4.52 Å². The number of nitrogens with zero attached hydrogens (tertiary/aromatic N) is 1. The minimum absolute atomic E-state index is 0.668. The summed E-state index contributed by atoms with van der Waals surface area (Å²) >= 11 is 9.32. The topological polar surface area (TPSA) is 38.1 Å². The summed E-state index contributed by atoms with van der Waals surface area (Å²) in [6.07, 6.45) is 0. The monoisotopic (exact) mass is 314 g/mol. The van der Waals surface area contributed by atoms with E-state index in [0.29, 0.717) is 6.54 Å². The lowest BCUT2D eigenvalue weighted by Crippen LogP contribution is -2.12. The molecular formula is C12H12BrClN2O. The minimum Gasteiger partial charge on any atom is -0.360 e. The molecule has 2 aromatic rings. The second-order valence-corrected chi connectivity index (χ2v) is 5.05. The van der Waals surface area contributed by atoms with Gasteiger partial charge in [0.2, 0.25) is 0 Å². The van der Waals surface area contributed by atoms with Crippen molar-refractivity contribution in [2.75, 3.05) is 0 Å². The van der Waals surface area contributed by atoms with Crippen molar-refractivity contribution in [2.45, 2.75) is 20.0 Å². The molecule has 0 unspecified atom stereocenters. The van der Waals surface area contributed by atoms with Gasteiger partial charge in [-0.15, -0.1) is 0 Å². The van der Waals surface area contributed by atoms with E-state index < -0.39 is 0 Å². The summed E-state index contributed by atoms with van der Waals surface area (Å²) in [4.78, 5) is 0. The summed E-state index contributed by atoms with van der Waals surface area (Å²) in [6.45, 7) is 3.33. The van der Waals surface area contributed by atoms with E-state index in [1.165, 1.54) is 0 Å². The van der Waals surface area contributed by atoms with Crippen LogP contribution >= 0.6 is 27.5 Å². The number of rotatable bonds is 4. The van der Waals surface area contributed by atoms with Crippen molar-refractivity contribution in [2.24, 2.45) is 0 Å². The lowest BCUT2D eigenvalue weighted by atomic mass is 10.2. The maximum absolute atomic E-state index is 5.92. The summed E-state index contributed by atoms with van der Waals surface area (Å²) in [5, 5.41) is 7.83. The van der Waals surface area contributed by atoms with E-state index in [9.17, 15) is 0 Å². The van der Waals surface area contributed by atoms with Gasteiger partial charge in [0.1, 0.15) is 0 Å². The lowest BCUT2D eigenvalue weighted by molar-refractivity contribution is 0.369. The fraction of sp³-hybridized carbons (Fsp3) is 0.250. The van der Waals surface area contributed by atoms with Crippen LogP contribution in [-0.2, 0) is 13.1 Å². The first-order valence-electron chi connectivity index (χ1n) is 5.22. The van der Waals surface area contributed by atoms with Gasteiger partial charge in [-0.25, -0.2) is 0 Å². The second-order valence-electron chi connectivity index (χ2n) is 3.79. The maximum Gasteiger partial charge on any atom is 0.150 e. The Kier molecular flexibility index (Phi) is 4.20. The number of hydrogen-bond acceptors (Lipinski definition) is 3. The van der Waals surface area contributed by atoms with Crippen LogP contribution in [0.3, 0.4) is 0 Å². The molecule has 2 rings (SSSR count). The van der Waals surface area contributed by atoms with Gasteiger partial charge in [0.25, 0.3) is 0 Å². The van der Waals surface area contributed by atoms with Gasteiger partial charge in [-0.05, 0) is 40.5 Å². The normalized spacial score (nSPS) is 10.8. The van der Waals surface area contributed by atoms with Crippen LogP contribution in [0.1, 0.15) is 17.0 Å². The number of nitrogens with one attached hydrogen (secondary N) is 1. The van der Waals surface area contributed by atoms with Crippen LogP contribution in [-0.4, -0.2) is 5.16 Å². The Balaban J connectivity index is 1.87. The Bertz CT molecular complexity index is 513. The molecular weight excluding hydrogens is 304 g/mol. The van der Waals surface area contributed by atoms with Crippen LogP contribution in [0.5, 0.6) is 0 Å². The highest BCUT2D eigenvalue weighted by Crippen LogP contribution is 2.23. The number of aromatic nitrogens is 1. The maximum atomic E-state index is 5.92. The SMILES string of the molecule is Cc1cc(CNCc2ccc(Cl)c(Br)c2)on1. The fourth-order valence-electron chi connectivity index (χ4n) is 1.48. The molecule has 1 aromatic carbocycles. The Hall–Kier alpha value is -0.840. The highest BCUT2D eigenvalue weighted by atomic mass is 79.9. The van der Waals surface area contributed by atoms with E-state index in [2.05, 4.69) is 26.4 Å². The average molecular weight is 316 g/mol. The number of halogens is 2. The van der Waals surface area contributed by atoms with Crippen molar-refractivity contribution in [3.8, 4) is 0 Å². The van der Waals surface area contributed by atoms with E-state index in [1.807, 2.05) is 31.2 Å². The molecule has 0 aliphatic heterocycles. The van der Waals surface area contributed by atoms with Crippen molar-refractivity contribution >= 4 is 27.5 Å². The number of aryl methyl sites for hydroxylation is 1. The van der Waals surface area contributed by atoms with Crippen molar-refractivity contribution in [1.82, 2.24) is 10.5 Å². The molecule has 0 saturated heterocycles. The fourth-order valence-corrected chi connectivity index (χ4v) is 2.02. The molecule has 0 amide bonds. The minimum atomic E-state index is 0.668. The van der Waals surface area contributed by atoms with E-state index in [1.54, 1.807) is 0 Å². The summed E-state index contributed by atoms with van der Waals surface area (Å²) in [5.41, 5.74) is 2.06. The smallest absolute Gasteiger partial charge is 0.150 e. The summed E-state index contributed by atoms with van der Waals surface area (Å²) in [5.74, 6) is 0.843. The van der Waals surface area contributed by atoms with E-state index in [-0.39, 0.29) is 0 Å². The zero-order valence-corrected chi connectivity index (χ0v) is 11.7.